The molecule has 0 unspecified atom stereocenters. The predicted molar refractivity (Wildman–Crippen MR) is 86.9 cm³/mol. The second-order valence-electron chi connectivity index (χ2n) is 4.84. The first-order chi connectivity index (χ1) is 10.6. The molecule has 0 amide bonds. The Kier molecular flexibility index (Phi) is 4.62. The summed E-state index contributed by atoms with van der Waals surface area (Å²) < 4.78 is 63.5. The van der Waals surface area contributed by atoms with Crippen LogP contribution in [-0.4, -0.2) is 30.1 Å². The average Bonchev–Trinajstić information content (AvgIpc) is 2.46. The van der Waals surface area contributed by atoms with Gasteiger partial charge >= 0.3 is 0 Å². The molecule has 2 aromatic rings. The van der Waals surface area contributed by atoms with Crippen molar-refractivity contribution < 1.29 is 21.2 Å². The van der Waals surface area contributed by atoms with Crippen LogP contribution in [-0.2, 0) is 20.0 Å². The van der Waals surface area contributed by atoms with Gasteiger partial charge < -0.3 is 0 Å². The van der Waals surface area contributed by atoms with E-state index in [2.05, 4.69) is 4.72 Å². The van der Waals surface area contributed by atoms with Gasteiger partial charge in [0.2, 0.25) is 10.0 Å². The molecule has 0 radical (unpaired) electrons. The molecule has 0 aliphatic rings. The molecule has 6 nitrogen and oxygen atoms in total. The number of sulfonamides is 2. The first-order valence-electron chi connectivity index (χ1n) is 6.42. The van der Waals surface area contributed by atoms with E-state index < -0.39 is 25.9 Å². The first-order valence-corrected chi connectivity index (χ1v) is 9.75. The van der Waals surface area contributed by atoms with Gasteiger partial charge in [-0.25, -0.2) is 21.2 Å². The van der Waals surface area contributed by atoms with Gasteiger partial charge in [-0.2, -0.15) is 0 Å². The van der Waals surface area contributed by atoms with Crippen LogP contribution in [0.4, 0.5) is 15.8 Å². The molecule has 23 heavy (non-hydrogen) atoms. The Labute approximate surface area is 134 Å². The van der Waals surface area contributed by atoms with E-state index in [0.717, 1.165) is 34.8 Å². The number of hydrogen-bond donors (Lipinski definition) is 1. The van der Waals surface area contributed by atoms with Crippen molar-refractivity contribution in [3.63, 3.8) is 0 Å². The summed E-state index contributed by atoms with van der Waals surface area (Å²) in [5.41, 5.74) is 0.664. The number of halogens is 1. The zero-order valence-electron chi connectivity index (χ0n) is 12.4. The molecule has 0 aromatic heterocycles. The molecule has 0 saturated heterocycles. The van der Waals surface area contributed by atoms with Crippen LogP contribution < -0.4 is 9.03 Å². The summed E-state index contributed by atoms with van der Waals surface area (Å²) in [6.07, 6.45) is 1.07. The summed E-state index contributed by atoms with van der Waals surface area (Å²) in [5.74, 6) is -0.530. The van der Waals surface area contributed by atoms with E-state index in [-0.39, 0.29) is 10.6 Å². The summed E-state index contributed by atoms with van der Waals surface area (Å²) in [6.45, 7) is 0. The molecule has 9 heteroatoms. The number of benzene rings is 2. The lowest BCUT2D eigenvalue weighted by Gasteiger charge is -2.17. The molecule has 0 heterocycles. The highest BCUT2D eigenvalue weighted by Gasteiger charge is 2.15. The summed E-state index contributed by atoms with van der Waals surface area (Å²) in [4.78, 5) is -0.0729. The quantitative estimate of drug-likeness (QED) is 0.886. The van der Waals surface area contributed by atoms with Crippen LogP contribution in [0.15, 0.2) is 53.4 Å². The fourth-order valence-corrected chi connectivity index (χ4v) is 3.32. The van der Waals surface area contributed by atoms with Gasteiger partial charge in [0.25, 0.3) is 10.0 Å². The van der Waals surface area contributed by atoms with E-state index >= 15 is 0 Å². The Hall–Kier alpha value is -2.13. The lowest BCUT2D eigenvalue weighted by molar-refractivity contribution is 0.598. The van der Waals surface area contributed by atoms with Crippen LogP contribution in [0.1, 0.15) is 0 Å². The second-order valence-corrected chi connectivity index (χ2v) is 8.53. The highest BCUT2D eigenvalue weighted by molar-refractivity contribution is 7.92. The molecule has 2 rings (SSSR count). The number of nitrogens with zero attached hydrogens (tertiary/aromatic N) is 1. The highest BCUT2D eigenvalue weighted by Crippen LogP contribution is 2.21. The molecule has 0 fully saturated rings. The molecule has 0 aliphatic heterocycles. The SMILES string of the molecule is CN(c1ccc(NS(=O)(=O)c2ccc(F)cc2)cc1)S(C)(=O)=O. The summed E-state index contributed by atoms with van der Waals surface area (Å²) in [6, 6.07) is 10.3. The van der Waals surface area contributed by atoms with Gasteiger partial charge in [-0.15, -0.1) is 0 Å². The maximum absolute atomic E-state index is 12.8. The Bertz CT molecular complexity index is 893. The first kappa shape index (κ1) is 17.2. The third-order valence-corrected chi connectivity index (χ3v) is 5.71. The standard InChI is InChI=1S/C14H15FN2O4S2/c1-17(22(2,18)19)13-7-5-12(6-8-13)16-23(20,21)14-9-3-11(15)4-10-14/h3-10,16H,1-2H3. The Balaban J connectivity index is 2.22. The number of hydrogen-bond acceptors (Lipinski definition) is 4. The Morgan fingerprint density at radius 3 is 1.91 bits per heavy atom. The van der Waals surface area contributed by atoms with Crippen LogP contribution in [0.2, 0.25) is 0 Å². The summed E-state index contributed by atoms with van der Waals surface area (Å²) in [7, 11) is -5.84. The summed E-state index contributed by atoms with van der Waals surface area (Å²) in [5, 5.41) is 0. The van der Waals surface area contributed by atoms with Gasteiger partial charge in [0.1, 0.15) is 5.82 Å². The molecule has 0 saturated carbocycles. The van der Waals surface area contributed by atoms with E-state index in [1.54, 1.807) is 0 Å². The number of anilines is 2. The maximum Gasteiger partial charge on any atom is 0.261 e. The van der Waals surface area contributed by atoms with Crippen LogP contribution in [0.25, 0.3) is 0 Å². The molecule has 1 N–H and O–H groups in total. The third-order valence-electron chi connectivity index (χ3n) is 3.10. The molecule has 0 bridgehead atoms. The van der Waals surface area contributed by atoms with Crippen molar-refractivity contribution in [2.24, 2.45) is 0 Å². The molecule has 0 atom stereocenters. The van der Waals surface area contributed by atoms with Crippen LogP contribution in [0.3, 0.4) is 0 Å². The minimum Gasteiger partial charge on any atom is -0.280 e. The van der Waals surface area contributed by atoms with Crippen molar-refractivity contribution in [3.05, 3.63) is 54.3 Å². The monoisotopic (exact) mass is 358 g/mol. The van der Waals surface area contributed by atoms with Crippen molar-refractivity contribution in [3.8, 4) is 0 Å². The lowest BCUT2D eigenvalue weighted by atomic mass is 10.3. The topological polar surface area (TPSA) is 83.6 Å². The van der Waals surface area contributed by atoms with Gasteiger partial charge in [-0.3, -0.25) is 9.03 Å². The fraction of sp³-hybridized carbons (Fsp3) is 0.143. The van der Waals surface area contributed by atoms with E-state index in [0.29, 0.717) is 5.69 Å². The minimum absolute atomic E-state index is 0.0729. The van der Waals surface area contributed by atoms with Crippen molar-refractivity contribution in [1.82, 2.24) is 0 Å². The smallest absolute Gasteiger partial charge is 0.261 e. The van der Waals surface area contributed by atoms with Gasteiger partial charge in [0.05, 0.1) is 16.8 Å². The molecule has 2 aromatic carbocycles. The largest absolute Gasteiger partial charge is 0.280 e. The van der Waals surface area contributed by atoms with Crippen molar-refractivity contribution in [2.75, 3.05) is 22.3 Å². The molecule has 124 valence electrons. The van der Waals surface area contributed by atoms with Crippen LogP contribution in [0.5, 0.6) is 0 Å². The van der Waals surface area contributed by atoms with E-state index in [1.165, 1.54) is 31.3 Å². The Morgan fingerprint density at radius 2 is 1.43 bits per heavy atom. The van der Waals surface area contributed by atoms with E-state index in [9.17, 15) is 21.2 Å². The summed E-state index contributed by atoms with van der Waals surface area (Å²) >= 11 is 0. The zero-order chi connectivity index (χ0) is 17.3. The molecule has 0 spiro atoms. The van der Waals surface area contributed by atoms with E-state index in [4.69, 9.17) is 0 Å². The second kappa shape index (κ2) is 6.17. The number of rotatable bonds is 5. The van der Waals surface area contributed by atoms with Crippen molar-refractivity contribution in [1.29, 1.82) is 0 Å². The lowest BCUT2D eigenvalue weighted by Crippen LogP contribution is -2.24. The third kappa shape index (κ3) is 4.20. The fourth-order valence-electron chi connectivity index (χ4n) is 1.76. The van der Waals surface area contributed by atoms with Crippen LogP contribution in [0, 0.1) is 5.82 Å². The Morgan fingerprint density at radius 1 is 0.913 bits per heavy atom. The maximum atomic E-state index is 12.8. The van der Waals surface area contributed by atoms with Crippen molar-refractivity contribution >= 4 is 31.4 Å². The van der Waals surface area contributed by atoms with Gasteiger partial charge in [0, 0.05) is 12.7 Å². The van der Waals surface area contributed by atoms with Crippen LogP contribution >= 0.6 is 0 Å². The van der Waals surface area contributed by atoms with Gasteiger partial charge in [-0.1, -0.05) is 0 Å². The zero-order valence-corrected chi connectivity index (χ0v) is 14.0. The molecule has 0 aliphatic carbocycles. The molecular formula is C14H15FN2O4S2. The predicted octanol–water partition coefficient (Wildman–Crippen LogP) is 2.02. The van der Waals surface area contributed by atoms with Gasteiger partial charge in [-0.05, 0) is 48.5 Å². The van der Waals surface area contributed by atoms with Gasteiger partial charge in [0.15, 0.2) is 0 Å². The van der Waals surface area contributed by atoms with E-state index in [1.807, 2.05) is 0 Å². The molecular weight excluding hydrogens is 343 g/mol. The number of nitrogens with one attached hydrogen (secondary N) is 1. The highest BCUT2D eigenvalue weighted by atomic mass is 32.2. The minimum atomic E-state index is -3.84. The van der Waals surface area contributed by atoms with Crippen molar-refractivity contribution in [2.45, 2.75) is 4.90 Å². The average molecular weight is 358 g/mol. The normalized spacial score (nSPS) is 12.0.